The Labute approximate surface area is 162 Å². The Balaban J connectivity index is 1.65. The van der Waals surface area contributed by atoms with Crippen molar-refractivity contribution in [3.8, 4) is 34.0 Å². The summed E-state index contributed by atoms with van der Waals surface area (Å²) in [6, 6.07) is 18.1. The van der Waals surface area contributed by atoms with Gasteiger partial charge in [0.15, 0.2) is 0 Å². The predicted molar refractivity (Wildman–Crippen MR) is 112 cm³/mol. The fraction of sp³-hybridized carbons (Fsp3) is 0.0870. The molecule has 2 N–H and O–H groups in total. The third-order valence-electron chi connectivity index (χ3n) is 5.08. The summed E-state index contributed by atoms with van der Waals surface area (Å²) in [5, 5.41) is 2.18. The van der Waals surface area contributed by atoms with Crippen LogP contribution in [0.4, 0.5) is 0 Å². The summed E-state index contributed by atoms with van der Waals surface area (Å²) in [5.74, 6) is 1.65. The number of fused-ring (bicyclic) bond motifs is 2. The average Bonchev–Trinajstić information content (AvgIpc) is 3.36. The van der Waals surface area contributed by atoms with E-state index < -0.39 is 0 Å². The molecule has 0 radical (unpaired) electrons. The Kier molecular flexibility index (Phi) is 3.79. The highest BCUT2D eigenvalue weighted by Crippen LogP contribution is 2.34. The lowest BCUT2D eigenvalue weighted by atomic mass is 10.1. The van der Waals surface area contributed by atoms with E-state index in [2.05, 4.69) is 9.97 Å². The molecule has 28 heavy (non-hydrogen) atoms. The molecular formula is C23H19N3O2. The number of H-pyrrole nitrogens is 2. The van der Waals surface area contributed by atoms with Gasteiger partial charge >= 0.3 is 0 Å². The highest BCUT2D eigenvalue weighted by Gasteiger charge is 2.12. The summed E-state index contributed by atoms with van der Waals surface area (Å²) in [6.45, 7) is 0. The first-order valence-electron chi connectivity index (χ1n) is 9.05. The molecule has 0 fully saturated rings. The molecule has 0 saturated carbocycles. The van der Waals surface area contributed by atoms with Crippen molar-refractivity contribution < 1.29 is 9.47 Å². The van der Waals surface area contributed by atoms with Gasteiger partial charge in [0.1, 0.15) is 11.5 Å². The Hall–Kier alpha value is -3.73. The Morgan fingerprint density at radius 2 is 1.18 bits per heavy atom. The first-order valence-corrected chi connectivity index (χ1v) is 9.05. The van der Waals surface area contributed by atoms with Crippen LogP contribution in [0.15, 0.2) is 67.0 Å². The zero-order valence-electron chi connectivity index (χ0n) is 15.6. The number of hydrogen-bond acceptors (Lipinski definition) is 3. The van der Waals surface area contributed by atoms with Gasteiger partial charge in [0.25, 0.3) is 0 Å². The summed E-state index contributed by atoms with van der Waals surface area (Å²) in [5.41, 5.74) is 6.03. The van der Waals surface area contributed by atoms with E-state index in [1.54, 1.807) is 14.2 Å². The number of benzene rings is 2. The molecule has 3 aromatic heterocycles. The molecule has 5 nitrogen and oxygen atoms in total. The first-order chi connectivity index (χ1) is 13.8. The molecule has 5 heteroatoms. The van der Waals surface area contributed by atoms with Crippen molar-refractivity contribution in [1.29, 1.82) is 0 Å². The normalized spacial score (nSPS) is 11.2. The number of pyridine rings is 1. The summed E-state index contributed by atoms with van der Waals surface area (Å²) in [4.78, 5) is 11.6. The van der Waals surface area contributed by atoms with Gasteiger partial charge < -0.3 is 19.4 Å². The number of aromatic amines is 2. The Morgan fingerprint density at radius 1 is 0.679 bits per heavy atom. The molecule has 0 amide bonds. The molecule has 0 aliphatic carbocycles. The van der Waals surface area contributed by atoms with Crippen LogP contribution in [0.25, 0.3) is 44.3 Å². The molecule has 0 aliphatic rings. The van der Waals surface area contributed by atoms with Crippen LogP contribution in [0.3, 0.4) is 0 Å². The number of nitrogens with zero attached hydrogens (tertiary/aromatic N) is 1. The van der Waals surface area contributed by atoms with Gasteiger partial charge in [0, 0.05) is 45.3 Å². The van der Waals surface area contributed by atoms with Crippen LogP contribution in [-0.2, 0) is 0 Å². The minimum atomic E-state index is 0.827. The smallest absolute Gasteiger partial charge is 0.119 e. The molecule has 0 bridgehead atoms. The monoisotopic (exact) mass is 369 g/mol. The highest BCUT2D eigenvalue weighted by molar-refractivity contribution is 5.98. The van der Waals surface area contributed by atoms with E-state index in [1.165, 1.54) is 0 Å². The fourth-order valence-electron chi connectivity index (χ4n) is 3.61. The van der Waals surface area contributed by atoms with Crippen molar-refractivity contribution in [2.45, 2.75) is 0 Å². The zero-order chi connectivity index (χ0) is 19.1. The number of methoxy groups -OCH3 is 2. The van der Waals surface area contributed by atoms with Gasteiger partial charge in [-0.2, -0.15) is 0 Å². The second kappa shape index (κ2) is 6.46. The fourth-order valence-corrected chi connectivity index (χ4v) is 3.61. The van der Waals surface area contributed by atoms with Crippen molar-refractivity contribution >= 4 is 21.8 Å². The van der Waals surface area contributed by atoms with Crippen LogP contribution in [0, 0.1) is 0 Å². The molecule has 0 atom stereocenters. The number of aromatic nitrogens is 3. The van der Waals surface area contributed by atoms with Crippen molar-refractivity contribution in [3.05, 3.63) is 67.0 Å². The molecule has 0 spiro atoms. The van der Waals surface area contributed by atoms with Gasteiger partial charge in [-0.1, -0.05) is 6.07 Å². The van der Waals surface area contributed by atoms with Crippen LogP contribution < -0.4 is 9.47 Å². The predicted octanol–water partition coefficient (Wildman–Crippen LogP) is 5.40. The molecule has 0 saturated heterocycles. The summed E-state index contributed by atoms with van der Waals surface area (Å²) < 4.78 is 10.8. The summed E-state index contributed by atoms with van der Waals surface area (Å²) in [7, 11) is 3.36. The minimum absolute atomic E-state index is 0.827. The maximum Gasteiger partial charge on any atom is 0.119 e. The van der Waals surface area contributed by atoms with Crippen LogP contribution >= 0.6 is 0 Å². The van der Waals surface area contributed by atoms with Gasteiger partial charge in [-0.15, -0.1) is 0 Å². The third-order valence-corrected chi connectivity index (χ3v) is 5.08. The van der Waals surface area contributed by atoms with Gasteiger partial charge in [-0.3, -0.25) is 0 Å². The van der Waals surface area contributed by atoms with Gasteiger partial charge in [-0.05, 0) is 48.5 Å². The molecule has 0 unspecified atom stereocenters. The van der Waals surface area contributed by atoms with Gasteiger partial charge in [0.05, 0.1) is 25.6 Å². The van der Waals surface area contributed by atoms with Gasteiger partial charge in [-0.25, -0.2) is 4.98 Å². The largest absolute Gasteiger partial charge is 0.497 e. The van der Waals surface area contributed by atoms with Crippen molar-refractivity contribution in [2.75, 3.05) is 14.2 Å². The van der Waals surface area contributed by atoms with E-state index >= 15 is 0 Å². The topological polar surface area (TPSA) is 62.9 Å². The molecule has 2 aromatic carbocycles. The Morgan fingerprint density at radius 3 is 1.64 bits per heavy atom. The van der Waals surface area contributed by atoms with Crippen molar-refractivity contribution in [3.63, 3.8) is 0 Å². The SMILES string of the molecule is COc1ccc2[nH]cc(-c3cccc(-c4c[nH]c5ccc(OC)cc45)n3)c2c1. The minimum Gasteiger partial charge on any atom is -0.497 e. The first kappa shape index (κ1) is 16.4. The lowest BCUT2D eigenvalue weighted by molar-refractivity contribution is 0.415. The molecule has 5 rings (SSSR count). The van der Waals surface area contributed by atoms with E-state index in [-0.39, 0.29) is 0 Å². The molecule has 5 aromatic rings. The van der Waals surface area contributed by atoms with E-state index in [0.29, 0.717) is 0 Å². The summed E-state index contributed by atoms with van der Waals surface area (Å²) >= 11 is 0. The van der Waals surface area contributed by atoms with E-state index in [0.717, 1.165) is 55.8 Å². The van der Waals surface area contributed by atoms with Crippen LogP contribution in [0.1, 0.15) is 0 Å². The van der Waals surface area contributed by atoms with Crippen LogP contribution in [0.2, 0.25) is 0 Å². The number of hydrogen-bond donors (Lipinski definition) is 2. The average molecular weight is 369 g/mol. The second-order valence-corrected chi connectivity index (χ2v) is 6.64. The molecule has 3 heterocycles. The number of rotatable bonds is 4. The quantitative estimate of drug-likeness (QED) is 0.446. The van der Waals surface area contributed by atoms with E-state index in [4.69, 9.17) is 14.5 Å². The van der Waals surface area contributed by atoms with Crippen LogP contribution in [0.5, 0.6) is 11.5 Å². The molecule has 0 aliphatic heterocycles. The summed E-state index contributed by atoms with van der Waals surface area (Å²) in [6.07, 6.45) is 3.99. The van der Waals surface area contributed by atoms with E-state index in [1.807, 2.05) is 67.0 Å². The Bertz CT molecular complexity index is 1200. The maximum atomic E-state index is 5.38. The van der Waals surface area contributed by atoms with Crippen LogP contribution in [-0.4, -0.2) is 29.2 Å². The number of nitrogens with one attached hydrogen (secondary N) is 2. The lowest BCUT2D eigenvalue weighted by Gasteiger charge is -2.05. The lowest BCUT2D eigenvalue weighted by Crippen LogP contribution is -1.87. The van der Waals surface area contributed by atoms with Gasteiger partial charge in [0.2, 0.25) is 0 Å². The highest BCUT2D eigenvalue weighted by atomic mass is 16.5. The standard InChI is InChI=1S/C23H19N3O2/c1-27-14-6-8-20-16(10-14)18(12-24-20)22-4-3-5-23(26-22)19-13-25-21-9-7-15(28-2)11-17(19)21/h3-13,24-25H,1-2H3. The van der Waals surface area contributed by atoms with E-state index in [9.17, 15) is 0 Å². The maximum absolute atomic E-state index is 5.38. The third kappa shape index (κ3) is 2.60. The van der Waals surface area contributed by atoms with Crippen molar-refractivity contribution in [2.24, 2.45) is 0 Å². The number of ether oxygens (including phenoxy) is 2. The molecular weight excluding hydrogens is 350 g/mol. The molecule has 138 valence electrons. The van der Waals surface area contributed by atoms with Crippen molar-refractivity contribution in [1.82, 2.24) is 15.0 Å². The second-order valence-electron chi connectivity index (χ2n) is 6.64. The zero-order valence-corrected chi connectivity index (χ0v) is 15.6.